The molecule has 1 saturated heterocycles. The summed E-state index contributed by atoms with van der Waals surface area (Å²) in [6.45, 7) is 0.930. The van der Waals surface area contributed by atoms with Crippen molar-refractivity contribution in [2.75, 3.05) is 29.5 Å². The molecule has 4 N–H and O–H groups in total. The summed E-state index contributed by atoms with van der Waals surface area (Å²) in [6.07, 6.45) is 0.0693. The molecular weight excluding hydrogens is 462 g/mol. The second-order valence-electron chi connectivity index (χ2n) is 8.36. The number of phenolic OH excluding ortho intramolecular Hbond substituents is 1. The van der Waals surface area contributed by atoms with Crippen molar-refractivity contribution in [3.8, 4) is 16.9 Å². The van der Waals surface area contributed by atoms with Crippen LogP contribution < -0.4 is 10.6 Å². The third kappa shape index (κ3) is 4.12. The maximum atomic E-state index is 11.8. The van der Waals surface area contributed by atoms with E-state index in [-0.39, 0.29) is 28.7 Å². The molecule has 1 fully saturated rings. The minimum atomic E-state index is -2.96. The predicted octanol–water partition coefficient (Wildman–Crippen LogP) is 3.61. The topological polar surface area (TPSA) is 116 Å². The molecule has 1 aromatic heterocycles. The van der Waals surface area contributed by atoms with Gasteiger partial charge in [0.15, 0.2) is 9.84 Å². The van der Waals surface area contributed by atoms with Gasteiger partial charge in [-0.1, -0.05) is 23.7 Å². The molecule has 0 unspecified atom stereocenters. The van der Waals surface area contributed by atoms with Gasteiger partial charge in [-0.2, -0.15) is 0 Å². The highest BCUT2D eigenvalue weighted by molar-refractivity contribution is 7.91. The van der Waals surface area contributed by atoms with Crippen LogP contribution in [0.15, 0.2) is 48.5 Å². The number of nitrogens with two attached hydrogens (primary N) is 1. The van der Waals surface area contributed by atoms with Crippen LogP contribution in [0.3, 0.4) is 0 Å². The molecule has 1 aliphatic heterocycles. The van der Waals surface area contributed by atoms with E-state index in [0.717, 1.165) is 44.2 Å². The third-order valence-electron chi connectivity index (χ3n) is 6.13. The van der Waals surface area contributed by atoms with Crippen LogP contribution in [0.4, 0.5) is 5.69 Å². The van der Waals surface area contributed by atoms with Crippen LogP contribution in [0, 0.1) is 0 Å². The first-order valence-electron chi connectivity index (χ1n) is 10.5. The van der Waals surface area contributed by atoms with Gasteiger partial charge < -0.3 is 20.7 Å². The Hall–Kier alpha value is -3.23. The summed E-state index contributed by atoms with van der Waals surface area (Å²) in [5.74, 6) is -0.131. The first-order valence-corrected chi connectivity index (χ1v) is 12.7. The van der Waals surface area contributed by atoms with E-state index in [1.807, 2.05) is 30.3 Å². The van der Waals surface area contributed by atoms with Crippen LogP contribution in [-0.2, 0) is 21.1 Å². The second kappa shape index (κ2) is 7.97. The summed E-state index contributed by atoms with van der Waals surface area (Å²) in [5.41, 5.74) is 10.6. The summed E-state index contributed by atoms with van der Waals surface area (Å²) in [4.78, 5) is 17.3. The lowest BCUT2D eigenvalue weighted by atomic mass is 9.97. The Balaban J connectivity index is 1.64. The molecule has 170 valence electrons. The van der Waals surface area contributed by atoms with Crippen molar-refractivity contribution < 1.29 is 18.3 Å². The van der Waals surface area contributed by atoms with Crippen LogP contribution in [-0.4, -0.2) is 49.0 Å². The Bertz CT molecular complexity index is 1510. The average Bonchev–Trinajstić information content (AvgIpc) is 3.13. The van der Waals surface area contributed by atoms with Crippen LogP contribution in [0.2, 0.25) is 5.02 Å². The van der Waals surface area contributed by atoms with Gasteiger partial charge in [0.25, 0.3) is 0 Å². The number of carbonyl (C=O) groups is 1. The largest absolute Gasteiger partial charge is 0.506 e. The molecule has 5 rings (SSSR count). The molecule has 33 heavy (non-hydrogen) atoms. The van der Waals surface area contributed by atoms with Crippen molar-refractivity contribution in [2.45, 2.75) is 6.42 Å². The van der Waals surface area contributed by atoms with Crippen LogP contribution in [0.5, 0.6) is 5.75 Å². The van der Waals surface area contributed by atoms with Crippen LogP contribution in [0.25, 0.3) is 32.9 Å². The van der Waals surface area contributed by atoms with Crippen LogP contribution in [0.1, 0.15) is 5.56 Å². The second-order valence-corrected chi connectivity index (χ2v) is 11.1. The Morgan fingerprint density at radius 1 is 1.03 bits per heavy atom. The van der Waals surface area contributed by atoms with Gasteiger partial charge in [0.05, 0.1) is 28.5 Å². The van der Waals surface area contributed by atoms with Crippen molar-refractivity contribution in [1.29, 1.82) is 0 Å². The minimum absolute atomic E-state index is 0.00369. The van der Waals surface area contributed by atoms with E-state index >= 15 is 0 Å². The predicted molar refractivity (Wildman–Crippen MR) is 132 cm³/mol. The SMILES string of the molecule is NC(=O)Cc1cc(-c2ccc(O)c(Cl)c2)cc2c1[nH]c1cc(N3CCS(=O)(=O)CC3)ccc12. The summed E-state index contributed by atoms with van der Waals surface area (Å²) >= 11 is 6.12. The number of aromatic hydroxyl groups is 1. The lowest BCUT2D eigenvalue weighted by Crippen LogP contribution is -2.40. The number of H-pyrrole nitrogens is 1. The van der Waals surface area contributed by atoms with E-state index in [2.05, 4.69) is 9.88 Å². The number of benzene rings is 3. The van der Waals surface area contributed by atoms with Gasteiger partial charge in [0, 0.05) is 35.1 Å². The Kier molecular flexibility index (Phi) is 5.22. The normalized spacial score (nSPS) is 15.8. The van der Waals surface area contributed by atoms with Gasteiger partial charge in [-0.15, -0.1) is 0 Å². The number of halogens is 1. The number of hydrogen-bond donors (Lipinski definition) is 3. The van der Waals surface area contributed by atoms with Crippen LogP contribution >= 0.6 is 11.6 Å². The molecule has 3 aromatic carbocycles. The van der Waals surface area contributed by atoms with E-state index in [9.17, 15) is 18.3 Å². The van der Waals surface area contributed by atoms with E-state index in [0.29, 0.717) is 13.1 Å². The number of fused-ring (bicyclic) bond motifs is 3. The standard InChI is InChI=1S/C24H22ClN3O4S/c25-20-11-14(1-4-22(20)29)15-9-16(12-23(26)30)24-19(10-15)18-3-2-17(13-21(18)27-24)28-5-7-33(31,32)8-6-28/h1-4,9-11,13,27,29H,5-8,12H2,(H2,26,30). The van der Waals surface area contributed by atoms with Gasteiger partial charge in [0.2, 0.25) is 5.91 Å². The summed E-state index contributed by atoms with van der Waals surface area (Å²) in [6, 6.07) is 14.9. The van der Waals surface area contributed by atoms with Crippen molar-refractivity contribution >= 4 is 54.8 Å². The van der Waals surface area contributed by atoms with Gasteiger partial charge in [0.1, 0.15) is 5.75 Å². The number of rotatable bonds is 4. The number of nitrogens with zero attached hydrogens (tertiary/aromatic N) is 1. The Labute approximate surface area is 195 Å². The maximum absolute atomic E-state index is 11.8. The van der Waals surface area contributed by atoms with E-state index in [4.69, 9.17) is 17.3 Å². The number of hydrogen-bond acceptors (Lipinski definition) is 5. The smallest absolute Gasteiger partial charge is 0.221 e. The number of primary amides is 1. The maximum Gasteiger partial charge on any atom is 0.221 e. The number of aromatic nitrogens is 1. The molecule has 0 atom stereocenters. The Morgan fingerprint density at radius 3 is 2.48 bits per heavy atom. The van der Waals surface area contributed by atoms with Gasteiger partial charge >= 0.3 is 0 Å². The molecule has 2 heterocycles. The molecule has 0 bridgehead atoms. The minimum Gasteiger partial charge on any atom is -0.506 e. The van der Waals surface area contributed by atoms with Gasteiger partial charge in [-0.3, -0.25) is 4.79 Å². The van der Waals surface area contributed by atoms with E-state index < -0.39 is 15.7 Å². The molecule has 4 aromatic rings. The quantitative estimate of drug-likeness (QED) is 0.410. The fourth-order valence-corrected chi connectivity index (χ4v) is 5.80. The highest BCUT2D eigenvalue weighted by Crippen LogP contribution is 2.36. The first kappa shape index (κ1) is 21.6. The number of nitrogens with one attached hydrogen (secondary N) is 1. The summed E-state index contributed by atoms with van der Waals surface area (Å²) < 4.78 is 23.6. The van der Waals surface area contributed by atoms with E-state index in [1.165, 1.54) is 6.07 Å². The van der Waals surface area contributed by atoms with Crippen molar-refractivity contribution in [1.82, 2.24) is 4.98 Å². The Morgan fingerprint density at radius 2 is 1.79 bits per heavy atom. The molecule has 0 spiro atoms. The zero-order chi connectivity index (χ0) is 23.3. The molecule has 1 amide bonds. The lowest BCUT2D eigenvalue weighted by Gasteiger charge is -2.28. The van der Waals surface area contributed by atoms with Crippen molar-refractivity contribution in [2.24, 2.45) is 5.73 Å². The monoisotopic (exact) mass is 483 g/mol. The van der Waals surface area contributed by atoms with Gasteiger partial charge in [-0.05, 0) is 53.1 Å². The highest BCUT2D eigenvalue weighted by Gasteiger charge is 2.22. The summed E-state index contributed by atoms with van der Waals surface area (Å²) in [5, 5.41) is 11.9. The fraction of sp³-hybridized carbons (Fsp3) is 0.208. The van der Waals surface area contributed by atoms with E-state index in [1.54, 1.807) is 12.1 Å². The lowest BCUT2D eigenvalue weighted by molar-refractivity contribution is -0.117. The third-order valence-corrected chi connectivity index (χ3v) is 8.04. The average molecular weight is 484 g/mol. The molecule has 0 radical (unpaired) electrons. The zero-order valence-electron chi connectivity index (χ0n) is 17.6. The molecule has 1 aliphatic rings. The number of amides is 1. The van der Waals surface area contributed by atoms with Gasteiger partial charge in [-0.25, -0.2) is 8.42 Å². The number of phenols is 1. The highest BCUT2D eigenvalue weighted by atomic mass is 35.5. The number of aromatic amines is 1. The molecule has 0 aliphatic carbocycles. The molecule has 0 saturated carbocycles. The molecule has 7 nitrogen and oxygen atoms in total. The van der Waals surface area contributed by atoms with Crippen molar-refractivity contribution in [3.63, 3.8) is 0 Å². The first-order chi connectivity index (χ1) is 15.7. The summed E-state index contributed by atoms with van der Waals surface area (Å²) in [7, 11) is -2.96. The number of anilines is 1. The fourth-order valence-electron chi connectivity index (χ4n) is 4.41. The zero-order valence-corrected chi connectivity index (χ0v) is 19.2. The molecule has 9 heteroatoms. The van der Waals surface area contributed by atoms with Crippen molar-refractivity contribution in [3.05, 3.63) is 59.1 Å². The number of carbonyl (C=O) groups excluding carboxylic acids is 1. The number of sulfone groups is 1. The molecular formula is C24H22ClN3O4S.